The molecule has 0 saturated heterocycles. The Kier molecular flexibility index (Phi) is 11.2. The van der Waals surface area contributed by atoms with Gasteiger partial charge >= 0.3 is 0 Å². The Hall–Kier alpha value is -3.30. The summed E-state index contributed by atoms with van der Waals surface area (Å²) in [6.45, 7) is 7.32. The summed E-state index contributed by atoms with van der Waals surface area (Å²) in [5.74, 6) is -0.722. The minimum absolute atomic E-state index is 0.0466. The van der Waals surface area contributed by atoms with E-state index in [1.54, 1.807) is 43.3 Å². The summed E-state index contributed by atoms with van der Waals surface area (Å²) < 4.78 is 29.0. The minimum atomic E-state index is -4.08. The summed E-state index contributed by atoms with van der Waals surface area (Å²) in [5.41, 5.74) is 2.37. The Morgan fingerprint density at radius 1 is 0.925 bits per heavy atom. The molecule has 9 heteroatoms. The van der Waals surface area contributed by atoms with Crippen molar-refractivity contribution < 1.29 is 18.0 Å². The first-order chi connectivity index (χ1) is 19.1. The molecule has 0 radical (unpaired) electrons. The molecule has 40 heavy (non-hydrogen) atoms. The molecule has 1 N–H and O–H groups in total. The molecule has 0 fully saturated rings. The largest absolute Gasteiger partial charge is 0.352 e. The van der Waals surface area contributed by atoms with Crippen LogP contribution in [-0.4, -0.2) is 56.6 Å². The second kappa shape index (κ2) is 14.4. The Balaban J connectivity index is 1.97. The number of rotatable bonds is 13. The highest BCUT2D eigenvalue weighted by molar-refractivity contribution is 7.98. The van der Waals surface area contributed by atoms with Crippen molar-refractivity contribution in [1.82, 2.24) is 10.2 Å². The standard InChI is InChI=1S/C31H39N3O4S2/c1-6-24(3)32-31(36)25(4)33(21-20-26-10-8-7-9-11-26)30(35)22-34(27-14-12-23(2)13-15-27)40(37,38)29-18-16-28(39-5)17-19-29/h7-19,24-25H,6,20-22H2,1-5H3,(H,32,36)/t24-,25-/m1/s1. The molecule has 7 nitrogen and oxygen atoms in total. The van der Waals surface area contributed by atoms with Crippen LogP contribution in [0.2, 0.25) is 0 Å². The SMILES string of the molecule is CC[C@@H](C)NC(=O)[C@@H](C)N(CCc1ccccc1)C(=O)CN(c1ccc(C)cc1)S(=O)(=O)c1ccc(SC)cc1. The van der Waals surface area contributed by atoms with E-state index in [9.17, 15) is 18.0 Å². The molecule has 0 aliphatic rings. The van der Waals surface area contributed by atoms with Gasteiger partial charge in [0.25, 0.3) is 10.0 Å². The number of aryl methyl sites for hydroxylation is 1. The summed E-state index contributed by atoms with van der Waals surface area (Å²) in [4.78, 5) is 29.5. The molecule has 0 aliphatic carbocycles. The molecule has 0 saturated carbocycles. The second-order valence-electron chi connectivity index (χ2n) is 9.84. The van der Waals surface area contributed by atoms with Crippen LogP contribution in [0, 0.1) is 6.92 Å². The number of benzene rings is 3. The number of thioether (sulfide) groups is 1. The molecule has 3 rings (SSSR count). The molecule has 3 aromatic carbocycles. The number of anilines is 1. The fourth-order valence-corrected chi connectivity index (χ4v) is 5.97. The average molecular weight is 582 g/mol. The molecule has 0 spiro atoms. The number of nitrogens with one attached hydrogen (secondary N) is 1. The molecule has 0 bridgehead atoms. The molecule has 2 amide bonds. The highest BCUT2D eigenvalue weighted by atomic mass is 32.2. The van der Waals surface area contributed by atoms with E-state index >= 15 is 0 Å². The Bertz CT molecular complexity index is 1360. The van der Waals surface area contributed by atoms with E-state index in [0.717, 1.165) is 26.7 Å². The number of nitrogens with zero attached hydrogens (tertiary/aromatic N) is 2. The summed E-state index contributed by atoms with van der Waals surface area (Å²) in [6.07, 6.45) is 3.20. The third kappa shape index (κ3) is 8.11. The van der Waals surface area contributed by atoms with Crippen LogP contribution in [0.3, 0.4) is 0 Å². The van der Waals surface area contributed by atoms with Crippen molar-refractivity contribution in [3.63, 3.8) is 0 Å². The van der Waals surface area contributed by atoms with E-state index in [4.69, 9.17) is 0 Å². The van der Waals surface area contributed by atoms with E-state index in [1.165, 1.54) is 16.7 Å². The van der Waals surface area contributed by atoms with Crippen LogP contribution >= 0.6 is 11.8 Å². The van der Waals surface area contributed by atoms with Gasteiger partial charge < -0.3 is 10.2 Å². The fraction of sp³-hybridized carbons (Fsp3) is 0.355. The van der Waals surface area contributed by atoms with Crippen molar-refractivity contribution >= 4 is 39.3 Å². The van der Waals surface area contributed by atoms with Crippen LogP contribution < -0.4 is 9.62 Å². The van der Waals surface area contributed by atoms with Crippen molar-refractivity contribution in [1.29, 1.82) is 0 Å². The van der Waals surface area contributed by atoms with Gasteiger partial charge in [-0.1, -0.05) is 55.0 Å². The van der Waals surface area contributed by atoms with Crippen LogP contribution in [0.25, 0.3) is 0 Å². The van der Waals surface area contributed by atoms with Crippen molar-refractivity contribution in [3.8, 4) is 0 Å². The lowest BCUT2D eigenvalue weighted by molar-refractivity contribution is -0.139. The van der Waals surface area contributed by atoms with Crippen LogP contribution in [-0.2, 0) is 26.0 Å². The van der Waals surface area contributed by atoms with Gasteiger partial charge in [0, 0.05) is 17.5 Å². The zero-order valence-electron chi connectivity index (χ0n) is 23.8. The van der Waals surface area contributed by atoms with Gasteiger partial charge in [-0.15, -0.1) is 11.8 Å². The smallest absolute Gasteiger partial charge is 0.264 e. The van der Waals surface area contributed by atoms with Gasteiger partial charge in [0.05, 0.1) is 10.6 Å². The van der Waals surface area contributed by atoms with E-state index in [0.29, 0.717) is 12.1 Å². The molecule has 0 aromatic heterocycles. The van der Waals surface area contributed by atoms with Crippen molar-refractivity contribution in [2.24, 2.45) is 0 Å². The minimum Gasteiger partial charge on any atom is -0.352 e. The third-order valence-electron chi connectivity index (χ3n) is 6.90. The number of hydrogen-bond donors (Lipinski definition) is 1. The summed E-state index contributed by atoms with van der Waals surface area (Å²) >= 11 is 1.52. The summed E-state index contributed by atoms with van der Waals surface area (Å²) in [7, 11) is -4.08. The quantitative estimate of drug-likeness (QED) is 0.277. The number of amides is 2. The lowest BCUT2D eigenvalue weighted by Crippen LogP contribution is -2.53. The zero-order chi connectivity index (χ0) is 29.3. The first kappa shape index (κ1) is 31.2. The van der Waals surface area contributed by atoms with Gasteiger partial charge in [0.2, 0.25) is 11.8 Å². The highest BCUT2D eigenvalue weighted by Crippen LogP contribution is 2.26. The van der Waals surface area contributed by atoms with Crippen molar-refractivity contribution in [2.45, 2.75) is 62.4 Å². The van der Waals surface area contributed by atoms with E-state index < -0.39 is 28.5 Å². The summed E-state index contributed by atoms with van der Waals surface area (Å²) in [6, 6.07) is 22.5. The first-order valence-electron chi connectivity index (χ1n) is 13.4. The lowest BCUT2D eigenvalue weighted by Gasteiger charge is -2.32. The number of hydrogen-bond acceptors (Lipinski definition) is 5. The fourth-order valence-electron chi connectivity index (χ4n) is 4.15. The molecule has 0 heterocycles. The van der Waals surface area contributed by atoms with Gasteiger partial charge in [-0.25, -0.2) is 8.42 Å². The van der Waals surface area contributed by atoms with E-state index in [2.05, 4.69) is 5.32 Å². The normalized spacial score (nSPS) is 12.8. The van der Waals surface area contributed by atoms with Crippen molar-refractivity contribution in [3.05, 3.63) is 90.0 Å². The van der Waals surface area contributed by atoms with Gasteiger partial charge in [-0.3, -0.25) is 13.9 Å². The first-order valence-corrected chi connectivity index (χ1v) is 16.1. The van der Waals surface area contributed by atoms with Crippen molar-refractivity contribution in [2.75, 3.05) is 23.7 Å². The number of carbonyl (C=O) groups is 2. The predicted molar refractivity (Wildman–Crippen MR) is 163 cm³/mol. The molecule has 214 valence electrons. The van der Waals surface area contributed by atoms with Crippen LogP contribution in [0.1, 0.15) is 38.3 Å². The summed E-state index contributed by atoms with van der Waals surface area (Å²) in [5, 5.41) is 2.95. The Morgan fingerprint density at radius 2 is 1.55 bits per heavy atom. The molecule has 0 aliphatic heterocycles. The van der Waals surface area contributed by atoms with Gasteiger partial charge in [0.1, 0.15) is 12.6 Å². The molecule has 3 aromatic rings. The van der Waals surface area contributed by atoms with Gasteiger partial charge in [0.15, 0.2) is 0 Å². The molecular weight excluding hydrogens is 542 g/mol. The van der Waals surface area contributed by atoms with Crippen LogP contribution in [0.15, 0.2) is 88.7 Å². The van der Waals surface area contributed by atoms with E-state index in [-0.39, 0.29) is 23.4 Å². The Labute approximate surface area is 243 Å². The van der Waals surface area contributed by atoms with Crippen LogP contribution in [0.4, 0.5) is 5.69 Å². The third-order valence-corrected chi connectivity index (χ3v) is 9.43. The van der Waals surface area contributed by atoms with E-state index in [1.807, 2.05) is 69.5 Å². The molecular formula is C31H39N3O4S2. The predicted octanol–water partition coefficient (Wildman–Crippen LogP) is 5.29. The maximum Gasteiger partial charge on any atom is 0.264 e. The van der Waals surface area contributed by atoms with Gasteiger partial charge in [-0.2, -0.15) is 0 Å². The van der Waals surface area contributed by atoms with Gasteiger partial charge in [-0.05, 0) is 81.8 Å². The second-order valence-corrected chi connectivity index (χ2v) is 12.6. The highest BCUT2D eigenvalue weighted by Gasteiger charge is 2.32. The zero-order valence-corrected chi connectivity index (χ0v) is 25.5. The topological polar surface area (TPSA) is 86.8 Å². The monoisotopic (exact) mass is 581 g/mol. The maximum absolute atomic E-state index is 13.9. The Morgan fingerprint density at radius 3 is 2.12 bits per heavy atom. The number of carbonyl (C=O) groups excluding carboxylic acids is 2. The lowest BCUT2D eigenvalue weighted by atomic mass is 10.1. The molecule has 2 atom stereocenters. The molecule has 0 unspecified atom stereocenters. The average Bonchev–Trinajstić information content (AvgIpc) is 2.96. The number of sulfonamides is 1. The maximum atomic E-state index is 13.9. The van der Waals surface area contributed by atoms with Crippen LogP contribution in [0.5, 0.6) is 0 Å².